The second-order valence-electron chi connectivity index (χ2n) is 10.7. The quantitative estimate of drug-likeness (QED) is 0.298. The molecule has 1 heterocycles. The summed E-state index contributed by atoms with van der Waals surface area (Å²) in [5, 5.41) is 3.47. The van der Waals surface area contributed by atoms with Gasteiger partial charge in [-0.25, -0.2) is 4.79 Å². The third-order valence-electron chi connectivity index (χ3n) is 7.64. The Kier molecular flexibility index (Phi) is 7.49. The van der Waals surface area contributed by atoms with E-state index >= 15 is 0 Å². The Bertz CT molecular complexity index is 1350. The Morgan fingerprint density at radius 2 is 1.58 bits per heavy atom. The van der Waals surface area contributed by atoms with Crippen molar-refractivity contribution in [1.29, 1.82) is 0 Å². The third-order valence-corrected chi connectivity index (χ3v) is 8.46. The van der Waals surface area contributed by atoms with E-state index in [2.05, 4.69) is 45.5 Å². The van der Waals surface area contributed by atoms with Crippen LogP contribution in [-0.4, -0.2) is 37.6 Å². The molecule has 3 aromatic carbocycles. The monoisotopic (exact) mass is 593 g/mol. The van der Waals surface area contributed by atoms with Gasteiger partial charge in [0.15, 0.2) is 0 Å². The van der Waals surface area contributed by atoms with Crippen LogP contribution in [0.15, 0.2) is 76.7 Å². The van der Waals surface area contributed by atoms with Crippen LogP contribution in [0.3, 0.4) is 0 Å². The Hall–Kier alpha value is -2.58. The maximum atomic E-state index is 12.9. The van der Waals surface area contributed by atoms with Gasteiger partial charge in [-0.3, -0.25) is 0 Å². The molecule has 1 fully saturated rings. The lowest BCUT2D eigenvalue weighted by Gasteiger charge is -2.32. The van der Waals surface area contributed by atoms with Crippen LogP contribution in [0.1, 0.15) is 50.3 Å². The lowest BCUT2D eigenvalue weighted by atomic mass is 9.77. The predicted octanol–water partition coefficient (Wildman–Crippen LogP) is 7.66. The van der Waals surface area contributed by atoms with Crippen molar-refractivity contribution in [3.63, 3.8) is 0 Å². The molecule has 8 heteroatoms. The first-order valence-corrected chi connectivity index (χ1v) is 13.8. The van der Waals surface area contributed by atoms with Gasteiger partial charge in [-0.1, -0.05) is 88.2 Å². The van der Waals surface area contributed by atoms with Crippen LogP contribution >= 0.6 is 27.5 Å². The van der Waals surface area contributed by atoms with E-state index in [0.717, 1.165) is 15.5 Å². The SMILES string of the molecule is CC1(C)OB(C(=Cc2ccc(Br)cc2Cl)CNC(=O)OCC2c3ccccc3-c3ccccc32)OC1(C)C. The molecule has 0 aromatic heterocycles. The molecule has 3 aromatic rings. The zero-order chi connectivity index (χ0) is 27.1. The summed E-state index contributed by atoms with van der Waals surface area (Å²) in [4.78, 5) is 12.9. The van der Waals surface area contributed by atoms with E-state index in [1.54, 1.807) is 0 Å². The molecule has 0 atom stereocenters. The first kappa shape index (κ1) is 27.0. The van der Waals surface area contributed by atoms with Gasteiger partial charge in [0.05, 0.1) is 11.2 Å². The van der Waals surface area contributed by atoms with Gasteiger partial charge in [0.1, 0.15) is 6.61 Å². The fourth-order valence-corrected chi connectivity index (χ4v) is 5.57. The van der Waals surface area contributed by atoms with Crippen molar-refractivity contribution in [3.8, 4) is 11.1 Å². The number of halogens is 2. The molecule has 196 valence electrons. The van der Waals surface area contributed by atoms with Gasteiger partial charge in [0, 0.05) is 22.0 Å². The first-order chi connectivity index (χ1) is 18.1. The zero-order valence-electron chi connectivity index (χ0n) is 21.9. The molecule has 1 amide bonds. The molecule has 0 spiro atoms. The van der Waals surface area contributed by atoms with Crippen LogP contribution in [0.2, 0.25) is 5.02 Å². The van der Waals surface area contributed by atoms with E-state index in [9.17, 15) is 4.79 Å². The van der Waals surface area contributed by atoms with Gasteiger partial charge in [-0.05, 0) is 73.1 Å². The summed E-state index contributed by atoms with van der Waals surface area (Å²) in [7, 11) is -0.645. The smallest absolute Gasteiger partial charge is 0.449 e. The lowest BCUT2D eigenvalue weighted by Crippen LogP contribution is -2.41. The standard InChI is InChI=1S/C30H30BBrClNO4/c1-29(2)30(3,4)38-31(37-29)20(15-19-13-14-21(32)16-27(19)33)17-34-28(35)36-18-26-24-11-7-5-9-22(24)23-10-6-8-12-25(23)26/h5-16,26H,17-18H2,1-4H3,(H,34,35). The molecule has 0 radical (unpaired) electrons. The zero-order valence-corrected chi connectivity index (χ0v) is 24.2. The number of alkyl carbamates (subject to hydrolysis) is 1. The van der Waals surface area contributed by atoms with Crippen LogP contribution in [0.4, 0.5) is 4.79 Å². The number of fused-ring (bicyclic) bond motifs is 3. The molecule has 1 aliphatic heterocycles. The van der Waals surface area contributed by atoms with Gasteiger partial charge < -0.3 is 19.4 Å². The minimum atomic E-state index is -0.645. The average molecular weight is 595 g/mol. The normalized spacial score (nSPS) is 17.7. The molecule has 5 nitrogen and oxygen atoms in total. The summed E-state index contributed by atoms with van der Waals surface area (Å²) in [5.41, 5.74) is 5.21. The summed E-state index contributed by atoms with van der Waals surface area (Å²) in [6.07, 6.45) is 1.40. The summed E-state index contributed by atoms with van der Waals surface area (Å²) < 4.78 is 19.2. The van der Waals surface area contributed by atoms with Crippen LogP contribution in [0, 0.1) is 0 Å². The highest BCUT2D eigenvalue weighted by Crippen LogP contribution is 2.44. The van der Waals surface area contributed by atoms with Crippen LogP contribution in [0.5, 0.6) is 0 Å². The van der Waals surface area contributed by atoms with Crippen molar-refractivity contribution in [1.82, 2.24) is 5.32 Å². The fraction of sp³-hybridized carbons (Fsp3) is 0.300. The highest BCUT2D eigenvalue weighted by atomic mass is 79.9. The van der Waals surface area contributed by atoms with Crippen molar-refractivity contribution in [2.45, 2.75) is 44.8 Å². The highest BCUT2D eigenvalue weighted by Gasteiger charge is 2.52. The summed E-state index contributed by atoms with van der Waals surface area (Å²) >= 11 is 9.94. The Morgan fingerprint density at radius 1 is 1.00 bits per heavy atom. The number of carbonyl (C=O) groups excluding carboxylic acids is 1. The molecular formula is C30H30BBrClNO4. The van der Waals surface area contributed by atoms with E-state index in [1.807, 2.05) is 76.2 Å². The van der Waals surface area contributed by atoms with Gasteiger partial charge in [0.2, 0.25) is 0 Å². The summed E-state index contributed by atoms with van der Waals surface area (Å²) in [5.74, 6) is -0.00664. The van der Waals surface area contributed by atoms with Gasteiger partial charge in [-0.2, -0.15) is 0 Å². The van der Waals surface area contributed by atoms with E-state index in [-0.39, 0.29) is 19.1 Å². The molecule has 0 bridgehead atoms. The predicted molar refractivity (Wildman–Crippen MR) is 156 cm³/mol. The van der Waals surface area contributed by atoms with Crippen molar-refractivity contribution >= 4 is 46.8 Å². The van der Waals surface area contributed by atoms with E-state index in [0.29, 0.717) is 5.02 Å². The fourth-order valence-electron chi connectivity index (χ4n) is 4.84. The average Bonchev–Trinajstić information content (AvgIpc) is 3.30. The Labute approximate surface area is 237 Å². The van der Waals surface area contributed by atoms with Gasteiger partial charge in [-0.15, -0.1) is 0 Å². The molecule has 5 rings (SSSR count). The lowest BCUT2D eigenvalue weighted by molar-refractivity contribution is 0.00578. The molecule has 1 aliphatic carbocycles. The highest BCUT2D eigenvalue weighted by molar-refractivity contribution is 9.10. The summed E-state index contributed by atoms with van der Waals surface area (Å²) in [6, 6.07) is 22.2. The third kappa shape index (κ3) is 5.30. The maximum absolute atomic E-state index is 12.9. The van der Waals surface area contributed by atoms with Crippen molar-refractivity contribution in [2.75, 3.05) is 13.2 Å². The van der Waals surface area contributed by atoms with Crippen LogP contribution in [-0.2, 0) is 14.0 Å². The Balaban J connectivity index is 1.31. The minimum Gasteiger partial charge on any atom is -0.449 e. The second kappa shape index (κ2) is 10.5. The largest absolute Gasteiger partial charge is 0.492 e. The number of nitrogens with one attached hydrogen (secondary N) is 1. The molecule has 1 saturated heterocycles. The van der Waals surface area contributed by atoms with Crippen LogP contribution in [0.25, 0.3) is 17.2 Å². The number of ether oxygens (including phenoxy) is 1. The first-order valence-electron chi connectivity index (χ1n) is 12.7. The number of amides is 1. The van der Waals surface area contributed by atoms with Crippen LogP contribution < -0.4 is 5.32 Å². The van der Waals surface area contributed by atoms with E-state index < -0.39 is 24.4 Å². The van der Waals surface area contributed by atoms with E-state index in [1.165, 1.54) is 22.3 Å². The van der Waals surface area contributed by atoms with Crippen molar-refractivity contribution in [2.24, 2.45) is 0 Å². The summed E-state index contributed by atoms with van der Waals surface area (Å²) in [6.45, 7) is 8.41. The number of hydrogen-bond donors (Lipinski definition) is 1. The Morgan fingerprint density at radius 3 is 2.16 bits per heavy atom. The topological polar surface area (TPSA) is 56.8 Å². The van der Waals surface area contributed by atoms with Crippen molar-refractivity contribution in [3.05, 3.63) is 98.4 Å². The number of carbonyl (C=O) groups is 1. The maximum Gasteiger partial charge on any atom is 0.492 e. The van der Waals surface area contributed by atoms with Gasteiger partial charge >= 0.3 is 13.2 Å². The molecule has 1 N–H and O–H groups in total. The second-order valence-corrected chi connectivity index (χ2v) is 12.0. The molecule has 2 aliphatic rings. The minimum absolute atomic E-state index is 0.00664. The molecule has 0 unspecified atom stereocenters. The number of hydrogen-bond acceptors (Lipinski definition) is 4. The van der Waals surface area contributed by atoms with Gasteiger partial charge in [0.25, 0.3) is 0 Å². The number of rotatable bonds is 6. The number of benzene rings is 3. The van der Waals surface area contributed by atoms with E-state index in [4.69, 9.17) is 25.6 Å². The molecular weight excluding hydrogens is 565 g/mol. The van der Waals surface area contributed by atoms with Crippen molar-refractivity contribution < 1.29 is 18.8 Å². The molecule has 0 saturated carbocycles. The molecule has 38 heavy (non-hydrogen) atoms.